The molecule has 2 atom stereocenters. The molecule has 0 N–H and O–H groups in total. The van der Waals surface area contributed by atoms with Gasteiger partial charge in [0.1, 0.15) is 11.3 Å². The van der Waals surface area contributed by atoms with Crippen LogP contribution in [0.15, 0.2) is 42.9 Å². The summed E-state index contributed by atoms with van der Waals surface area (Å²) in [6.07, 6.45) is 5.37. The number of aromatic nitrogens is 4. The first kappa shape index (κ1) is 13.1. The summed E-state index contributed by atoms with van der Waals surface area (Å²) in [7, 11) is 0. The van der Waals surface area contributed by atoms with Crippen LogP contribution in [0.4, 0.5) is 0 Å². The van der Waals surface area contributed by atoms with Crippen LogP contribution in [0.1, 0.15) is 36.7 Å². The molecule has 0 radical (unpaired) electrons. The molecule has 3 heterocycles. The van der Waals surface area contributed by atoms with Crippen molar-refractivity contribution in [3.05, 3.63) is 54.2 Å². The van der Waals surface area contributed by atoms with Crippen LogP contribution in [-0.2, 0) is 0 Å². The summed E-state index contributed by atoms with van der Waals surface area (Å²) in [6, 6.07) is 7.96. The average Bonchev–Trinajstić information content (AvgIpc) is 2.87. The number of imidazole rings is 1. The van der Waals surface area contributed by atoms with Crippen molar-refractivity contribution in [2.24, 2.45) is 0 Å². The second-order valence-electron chi connectivity index (χ2n) is 4.76. The fourth-order valence-electron chi connectivity index (χ4n) is 2.40. The minimum absolute atomic E-state index is 0.106. The molecule has 20 heavy (non-hydrogen) atoms. The highest BCUT2D eigenvalue weighted by atomic mass is 35.5. The summed E-state index contributed by atoms with van der Waals surface area (Å²) in [5.41, 5.74) is 2.89. The maximum Gasteiger partial charge on any atom is 0.160 e. The van der Waals surface area contributed by atoms with E-state index in [4.69, 9.17) is 11.6 Å². The van der Waals surface area contributed by atoms with Gasteiger partial charge in [0.05, 0.1) is 11.4 Å². The molecule has 0 bridgehead atoms. The Morgan fingerprint density at radius 2 is 1.85 bits per heavy atom. The number of hydrogen-bond donors (Lipinski definition) is 0. The number of hydrogen-bond acceptors (Lipinski definition) is 3. The Balaban J connectivity index is 2.21. The summed E-state index contributed by atoms with van der Waals surface area (Å²) < 4.78 is 2.10. The molecule has 2 unspecified atom stereocenters. The lowest BCUT2D eigenvalue weighted by Crippen LogP contribution is -2.11. The highest BCUT2D eigenvalue weighted by Crippen LogP contribution is 2.29. The Morgan fingerprint density at radius 1 is 1.10 bits per heavy atom. The number of rotatable bonds is 3. The van der Waals surface area contributed by atoms with Crippen molar-refractivity contribution in [1.29, 1.82) is 0 Å². The molecule has 0 fully saturated rings. The van der Waals surface area contributed by atoms with E-state index in [1.165, 1.54) is 0 Å². The van der Waals surface area contributed by atoms with E-state index in [1.54, 1.807) is 18.6 Å². The van der Waals surface area contributed by atoms with Crippen molar-refractivity contribution in [1.82, 2.24) is 19.5 Å². The van der Waals surface area contributed by atoms with Crippen LogP contribution in [0.2, 0.25) is 0 Å². The third-order valence-corrected chi connectivity index (χ3v) is 3.60. The molecular formula is C15H15ClN4. The molecule has 102 valence electrons. The number of alkyl halides is 1. The van der Waals surface area contributed by atoms with Gasteiger partial charge in [0.15, 0.2) is 5.65 Å². The minimum atomic E-state index is -0.173. The van der Waals surface area contributed by atoms with Crippen molar-refractivity contribution >= 4 is 22.8 Å². The quantitative estimate of drug-likeness (QED) is 0.689. The van der Waals surface area contributed by atoms with Gasteiger partial charge in [0.2, 0.25) is 0 Å². The maximum absolute atomic E-state index is 6.29. The van der Waals surface area contributed by atoms with E-state index >= 15 is 0 Å². The molecule has 0 aliphatic heterocycles. The van der Waals surface area contributed by atoms with Gasteiger partial charge in [-0.3, -0.25) is 4.98 Å². The molecule has 0 saturated heterocycles. The maximum atomic E-state index is 6.29. The van der Waals surface area contributed by atoms with Crippen molar-refractivity contribution < 1.29 is 0 Å². The fraction of sp³-hybridized carbons (Fsp3) is 0.267. The SMILES string of the molecule is CC(Cl)c1nc2cccnc2n1C(C)c1ccncc1. The molecule has 0 aliphatic carbocycles. The highest BCUT2D eigenvalue weighted by molar-refractivity contribution is 6.20. The molecule has 5 heteroatoms. The van der Waals surface area contributed by atoms with Crippen LogP contribution < -0.4 is 0 Å². The van der Waals surface area contributed by atoms with Gasteiger partial charge in [-0.25, -0.2) is 9.97 Å². The standard InChI is InChI=1S/C15H15ClN4/c1-10(16)14-19-13-4-3-7-18-15(13)20(14)11(2)12-5-8-17-9-6-12/h3-11H,1-2H3. The summed E-state index contributed by atoms with van der Waals surface area (Å²) in [4.78, 5) is 13.1. The smallest absolute Gasteiger partial charge is 0.160 e. The van der Waals surface area contributed by atoms with Crippen LogP contribution in [-0.4, -0.2) is 19.5 Å². The van der Waals surface area contributed by atoms with Gasteiger partial charge in [0.25, 0.3) is 0 Å². The van der Waals surface area contributed by atoms with E-state index < -0.39 is 0 Å². The third kappa shape index (κ3) is 2.16. The second kappa shape index (κ2) is 5.21. The number of halogens is 1. The minimum Gasteiger partial charge on any atom is -0.304 e. The zero-order chi connectivity index (χ0) is 14.1. The van der Waals surface area contributed by atoms with E-state index in [0.29, 0.717) is 0 Å². The molecule has 0 spiro atoms. The molecule has 4 nitrogen and oxygen atoms in total. The van der Waals surface area contributed by atoms with Gasteiger partial charge in [-0.1, -0.05) is 0 Å². The van der Waals surface area contributed by atoms with Crippen LogP contribution in [0.25, 0.3) is 11.2 Å². The lowest BCUT2D eigenvalue weighted by atomic mass is 10.1. The molecule has 0 aromatic carbocycles. The van der Waals surface area contributed by atoms with Crippen molar-refractivity contribution in [2.45, 2.75) is 25.3 Å². The molecule has 0 aliphatic rings. The Kier molecular flexibility index (Phi) is 3.40. The summed E-state index contributed by atoms with van der Waals surface area (Å²) in [5.74, 6) is 0.838. The predicted octanol–water partition coefficient (Wildman–Crippen LogP) is 3.74. The third-order valence-electron chi connectivity index (χ3n) is 3.41. The van der Waals surface area contributed by atoms with Crippen molar-refractivity contribution in [3.8, 4) is 0 Å². The zero-order valence-corrected chi connectivity index (χ0v) is 12.1. The van der Waals surface area contributed by atoms with Gasteiger partial charge in [0, 0.05) is 18.6 Å². The van der Waals surface area contributed by atoms with Crippen molar-refractivity contribution in [2.75, 3.05) is 0 Å². The Labute approximate surface area is 122 Å². The topological polar surface area (TPSA) is 43.6 Å². The molecule has 0 saturated carbocycles. The van der Waals surface area contributed by atoms with Crippen LogP contribution in [0, 0.1) is 0 Å². The Morgan fingerprint density at radius 3 is 2.55 bits per heavy atom. The lowest BCUT2D eigenvalue weighted by Gasteiger charge is -2.18. The van der Waals surface area contributed by atoms with E-state index in [0.717, 1.165) is 22.6 Å². The van der Waals surface area contributed by atoms with Crippen LogP contribution in [0.5, 0.6) is 0 Å². The predicted molar refractivity (Wildman–Crippen MR) is 79.8 cm³/mol. The average molecular weight is 287 g/mol. The normalized spacial score (nSPS) is 14.3. The molecular weight excluding hydrogens is 272 g/mol. The first-order valence-corrected chi connectivity index (χ1v) is 6.99. The second-order valence-corrected chi connectivity index (χ2v) is 5.41. The van der Waals surface area contributed by atoms with E-state index in [1.807, 2.05) is 31.2 Å². The summed E-state index contributed by atoms with van der Waals surface area (Å²) in [6.45, 7) is 4.05. The monoisotopic (exact) mass is 286 g/mol. The van der Waals surface area contributed by atoms with E-state index in [-0.39, 0.29) is 11.4 Å². The zero-order valence-electron chi connectivity index (χ0n) is 11.4. The van der Waals surface area contributed by atoms with Crippen LogP contribution in [0.3, 0.4) is 0 Å². The van der Waals surface area contributed by atoms with Gasteiger partial charge in [-0.2, -0.15) is 0 Å². The van der Waals surface area contributed by atoms with Gasteiger partial charge >= 0.3 is 0 Å². The summed E-state index contributed by atoms with van der Waals surface area (Å²) >= 11 is 6.29. The van der Waals surface area contributed by atoms with Gasteiger partial charge in [-0.15, -0.1) is 11.6 Å². The molecule has 0 amide bonds. The Hall–Kier alpha value is -1.94. The first-order valence-electron chi connectivity index (χ1n) is 6.55. The van der Waals surface area contributed by atoms with E-state index in [2.05, 4.69) is 26.4 Å². The largest absolute Gasteiger partial charge is 0.304 e. The number of fused-ring (bicyclic) bond motifs is 1. The number of nitrogens with zero attached hydrogens (tertiary/aromatic N) is 4. The first-order chi connectivity index (χ1) is 9.68. The highest BCUT2D eigenvalue weighted by Gasteiger charge is 2.20. The van der Waals surface area contributed by atoms with Crippen LogP contribution >= 0.6 is 11.6 Å². The fourth-order valence-corrected chi connectivity index (χ4v) is 2.55. The molecule has 3 aromatic heterocycles. The number of pyridine rings is 2. The van der Waals surface area contributed by atoms with Crippen molar-refractivity contribution in [3.63, 3.8) is 0 Å². The molecule has 3 rings (SSSR count). The van der Waals surface area contributed by atoms with E-state index in [9.17, 15) is 0 Å². The lowest BCUT2D eigenvalue weighted by molar-refractivity contribution is 0.613. The van der Waals surface area contributed by atoms with Gasteiger partial charge < -0.3 is 4.57 Å². The summed E-state index contributed by atoms with van der Waals surface area (Å²) in [5, 5.41) is -0.173. The Bertz CT molecular complexity index is 721. The molecule has 3 aromatic rings. The van der Waals surface area contributed by atoms with Gasteiger partial charge in [-0.05, 0) is 43.7 Å².